The van der Waals surface area contributed by atoms with Gasteiger partial charge in [0.1, 0.15) is 5.92 Å². The lowest BCUT2D eigenvalue weighted by Crippen LogP contribution is -2.46. The lowest BCUT2D eigenvalue weighted by atomic mass is 9.80. The Hall–Kier alpha value is -1.50. The number of hydrogen-bond donors (Lipinski definition) is 1. The molecule has 2 unspecified atom stereocenters. The van der Waals surface area contributed by atoms with Gasteiger partial charge in [0, 0.05) is 12.5 Å². The molecule has 0 aromatic rings. The number of hydrogen-bond acceptors (Lipinski definition) is 3. The molecular formula is C14H23NO3. The first-order valence-electron chi connectivity index (χ1n) is 6.14. The van der Waals surface area contributed by atoms with Crippen molar-refractivity contribution < 1.29 is 14.3 Å². The topological polar surface area (TPSA) is 55.4 Å². The van der Waals surface area contributed by atoms with Gasteiger partial charge in [0.25, 0.3) is 0 Å². The number of ether oxygens (including phenoxy) is 1. The second-order valence-electron chi connectivity index (χ2n) is 5.37. The van der Waals surface area contributed by atoms with E-state index in [0.717, 1.165) is 0 Å². The van der Waals surface area contributed by atoms with Crippen LogP contribution in [0.3, 0.4) is 0 Å². The van der Waals surface area contributed by atoms with E-state index in [4.69, 9.17) is 11.2 Å². The quantitative estimate of drug-likeness (QED) is 0.461. The number of amides is 1. The lowest BCUT2D eigenvalue weighted by molar-refractivity contribution is -0.156. The molecule has 1 amide bonds. The van der Waals surface area contributed by atoms with Crippen molar-refractivity contribution in [3.8, 4) is 12.3 Å². The van der Waals surface area contributed by atoms with Crippen LogP contribution in [-0.4, -0.2) is 24.5 Å². The summed E-state index contributed by atoms with van der Waals surface area (Å²) in [7, 11) is 0. The van der Waals surface area contributed by atoms with Gasteiger partial charge >= 0.3 is 5.97 Å². The van der Waals surface area contributed by atoms with Crippen LogP contribution >= 0.6 is 0 Å². The standard InChI is InChI=1S/C14H23NO3/c1-7-9-10(3)15-12(16)11(14(4,5)6)13(17)18-8-2/h1,10-11H,8-9H2,2-6H3,(H,15,16). The fraction of sp³-hybridized carbons (Fsp3) is 0.714. The molecule has 0 bridgehead atoms. The Morgan fingerprint density at radius 3 is 2.33 bits per heavy atom. The molecular weight excluding hydrogens is 230 g/mol. The summed E-state index contributed by atoms with van der Waals surface area (Å²) in [6.07, 6.45) is 5.62. The SMILES string of the molecule is C#CCC(C)NC(=O)C(C(=O)OCC)C(C)(C)C. The minimum atomic E-state index is -0.822. The number of terminal acetylenes is 1. The maximum absolute atomic E-state index is 12.1. The van der Waals surface area contributed by atoms with Gasteiger partial charge < -0.3 is 10.1 Å². The molecule has 1 N–H and O–H groups in total. The molecule has 0 aromatic heterocycles. The number of nitrogens with one attached hydrogen (secondary N) is 1. The van der Waals surface area contributed by atoms with E-state index >= 15 is 0 Å². The number of carbonyl (C=O) groups excluding carboxylic acids is 2. The summed E-state index contributed by atoms with van der Waals surface area (Å²) in [5.41, 5.74) is -0.494. The third-order valence-electron chi connectivity index (χ3n) is 2.46. The van der Waals surface area contributed by atoms with E-state index in [-0.39, 0.29) is 18.6 Å². The Morgan fingerprint density at radius 1 is 1.39 bits per heavy atom. The fourth-order valence-electron chi connectivity index (χ4n) is 1.63. The predicted molar refractivity (Wildman–Crippen MR) is 70.6 cm³/mol. The summed E-state index contributed by atoms with van der Waals surface area (Å²) in [5, 5.41) is 2.74. The molecule has 0 aliphatic heterocycles. The molecule has 0 rings (SSSR count). The van der Waals surface area contributed by atoms with Gasteiger partial charge in [-0.3, -0.25) is 9.59 Å². The smallest absolute Gasteiger partial charge is 0.319 e. The predicted octanol–water partition coefficient (Wildman–Crippen LogP) is 1.74. The van der Waals surface area contributed by atoms with Crippen molar-refractivity contribution in [2.45, 2.75) is 47.1 Å². The molecule has 0 aliphatic rings. The highest BCUT2D eigenvalue weighted by molar-refractivity contribution is 5.98. The molecule has 0 heterocycles. The average molecular weight is 253 g/mol. The maximum Gasteiger partial charge on any atom is 0.319 e. The van der Waals surface area contributed by atoms with Crippen LogP contribution in [0.4, 0.5) is 0 Å². The van der Waals surface area contributed by atoms with Gasteiger partial charge in [-0.25, -0.2) is 0 Å². The molecule has 0 aliphatic carbocycles. The first-order chi connectivity index (χ1) is 8.23. The van der Waals surface area contributed by atoms with Gasteiger partial charge in [0.2, 0.25) is 5.91 Å². The zero-order chi connectivity index (χ0) is 14.3. The van der Waals surface area contributed by atoms with Crippen molar-refractivity contribution >= 4 is 11.9 Å². The number of esters is 1. The van der Waals surface area contributed by atoms with Gasteiger partial charge in [-0.2, -0.15) is 0 Å². The monoisotopic (exact) mass is 253 g/mol. The first-order valence-corrected chi connectivity index (χ1v) is 6.14. The van der Waals surface area contributed by atoms with Gasteiger partial charge in [-0.15, -0.1) is 12.3 Å². The molecule has 4 nitrogen and oxygen atoms in total. The fourth-order valence-corrected chi connectivity index (χ4v) is 1.63. The molecule has 0 saturated heterocycles. The maximum atomic E-state index is 12.1. The zero-order valence-electron chi connectivity index (χ0n) is 11.9. The van der Waals surface area contributed by atoms with Crippen LogP contribution in [0.25, 0.3) is 0 Å². The van der Waals surface area contributed by atoms with E-state index in [9.17, 15) is 9.59 Å². The first kappa shape index (κ1) is 16.5. The molecule has 0 aromatic carbocycles. The Morgan fingerprint density at radius 2 is 1.94 bits per heavy atom. The molecule has 2 atom stereocenters. The zero-order valence-corrected chi connectivity index (χ0v) is 11.9. The van der Waals surface area contributed by atoms with Gasteiger partial charge in [-0.05, 0) is 19.3 Å². The van der Waals surface area contributed by atoms with E-state index in [0.29, 0.717) is 6.42 Å². The van der Waals surface area contributed by atoms with Crippen molar-refractivity contribution in [1.29, 1.82) is 0 Å². The molecule has 0 fully saturated rings. The normalized spacial score (nSPS) is 14.2. The van der Waals surface area contributed by atoms with Crippen molar-refractivity contribution in [2.75, 3.05) is 6.61 Å². The molecule has 0 spiro atoms. The Kier molecular flexibility index (Phi) is 6.46. The summed E-state index contributed by atoms with van der Waals surface area (Å²) in [4.78, 5) is 24.0. The van der Waals surface area contributed by atoms with Crippen molar-refractivity contribution in [3.63, 3.8) is 0 Å². The van der Waals surface area contributed by atoms with Gasteiger partial charge in [-0.1, -0.05) is 20.8 Å². The van der Waals surface area contributed by atoms with Crippen LogP contribution < -0.4 is 5.32 Å². The van der Waals surface area contributed by atoms with Gasteiger partial charge in [0.15, 0.2) is 0 Å². The highest BCUT2D eigenvalue weighted by Gasteiger charge is 2.39. The minimum Gasteiger partial charge on any atom is -0.465 e. The van der Waals surface area contributed by atoms with Crippen LogP contribution in [0.1, 0.15) is 41.0 Å². The molecule has 4 heteroatoms. The third kappa shape index (κ3) is 5.22. The van der Waals surface area contributed by atoms with E-state index in [1.165, 1.54) is 0 Å². The Bertz CT molecular complexity index is 336. The highest BCUT2D eigenvalue weighted by Crippen LogP contribution is 2.27. The summed E-state index contributed by atoms with van der Waals surface area (Å²) in [5.74, 6) is 0.832. The van der Waals surface area contributed by atoms with Crippen LogP contribution in [0.15, 0.2) is 0 Å². The summed E-state index contributed by atoms with van der Waals surface area (Å²) in [6.45, 7) is 9.29. The van der Waals surface area contributed by atoms with Crippen LogP contribution in [0.2, 0.25) is 0 Å². The summed E-state index contributed by atoms with van der Waals surface area (Å²) < 4.78 is 4.95. The average Bonchev–Trinajstić information content (AvgIpc) is 2.15. The van der Waals surface area contributed by atoms with Crippen molar-refractivity contribution in [2.24, 2.45) is 11.3 Å². The van der Waals surface area contributed by atoms with E-state index in [1.807, 2.05) is 27.7 Å². The third-order valence-corrected chi connectivity index (χ3v) is 2.46. The van der Waals surface area contributed by atoms with Crippen molar-refractivity contribution in [1.82, 2.24) is 5.32 Å². The van der Waals surface area contributed by atoms with Crippen LogP contribution in [-0.2, 0) is 14.3 Å². The lowest BCUT2D eigenvalue weighted by Gasteiger charge is -2.28. The molecule has 102 valence electrons. The summed E-state index contributed by atoms with van der Waals surface area (Å²) in [6, 6.07) is -0.151. The largest absolute Gasteiger partial charge is 0.465 e. The van der Waals surface area contributed by atoms with E-state index in [1.54, 1.807) is 6.92 Å². The summed E-state index contributed by atoms with van der Waals surface area (Å²) >= 11 is 0. The Balaban J connectivity index is 4.83. The second-order valence-corrected chi connectivity index (χ2v) is 5.37. The van der Waals surface area contributed by atoms with Crippen LogP contribution in [0, 0.1) is 23.7 Å². The minimum absolute atomic E-state index is 0.151. The highest BCUT2D eigenvalue weighted by atomic mass is 16.5. The van der Waals surface area contributed by atoms with Crippen LogP contribution in [0.5, 0.6) is 0 Å². The molecule has 0 radical (unpaired) electrons. The molecule has 0 saturated carbocycles. The number of rotatable bonds is 5. The van der Waals surface area contributed by atoms with Crippen molar-refractivity contribution in [3.05, 3.63) is 0 Å². The molecule has 18 heavy (non-hydrogen) atoms. The van der Waals surface area contributed by atoms with Gasteiger partial charge in [0.05, 0.1) is 6.61 Å². The van der Waals surface area contributed by atoms with E-state index < -0.39 is 17.3 Å². The number of carbonyl (C=O) groups is 2. The Labute approximate surface area is 109 Å². The van der Waals surface area contributed by atoms with E-state index in [2.05, 4.69) is 11.2 Å². The second kappa shape index (κ2) is 7.05.